The van der Waals surface area contributed by atoms with Crippen molar-refractivity contribution in [3.8, 4) is 11.5 Å². The van der Waals surface area contributed by atoms with Gasteiger partial charge in [0.15, 0.2) is 0 Å². The first-order chi connectivity index (χ1) is 9.00. The molecule has 0 heterocycles. The Morgan fingerprint density at radius 1 is 0.850 bits per heavy atom. The van der Waals surface area contributed by atoms with Crippen LogP contribution in [0.2, 0.25) is 0 Å². The van der Waals surface area contributed by atoms with Gasteiger partial charge >= 0.3 is 11.9 Å². The highest BCUT2D eigenvalue weighted by atomic mass is 35.5. The molecule has 1 aromatic carbocycles. The summed E-state index contributed by atoms with van der Waals surface area (Å²) < 4.78 is 10.3. The summed E-state index contributed by atoms with van der Waals surface area (Å²) in [6.45, 7) is 8.42. The van der Waals surface area contributed by atoms with E-state index in [0.717, 1.165) is 0 Å². The van der Waals surface area contributed by atoms with Crippen LogP contribution in [-0.4, -0.2) is 16.8 Å². The molecule has 0 saturated heterocycles. The molecular formula is C15H19ClO4. The molecular weight excluding hydrogens is 280 g/mol. The highest BCUT2D eigenvalue weighted by Crippen LogP contribution is 2.23. The van der Waals surface area contributed by atoms with Crippen molar-refractivity contribution in [1.82, 2.24) is 0 Å². The van der Waals surface area contributed by atoms with E-state index in [1.807, 2.05) is 0 Å². The lowest BCUT2D eigenvalue weighted by molar-refractivity contribution is -0.143. The first-order valence-corrected chi connectivity index (χ1v) is 6.61. The number of carbonyl (C=O) groups is 2. The third-order valence-corrected chi connectivity index (χ3v) is 2.50. The monoisotopic (exact) mass is 298 g/mol. The van der Waals surface area contributed by atoms with Crippen LogP contribution in [0.1, 0.15) is 34.6 Å². The number of rotatable bonds is 3. The molecule has 1 aromatic rings. The van der Waals surface area contributed by atoms with Crippen LogP contribution in [0.4, 0.5) is 0 Å². The Labute approximate surface area is 124 Å². The van der Waals surface area contributed by atoms with Crippen LogP contribution in [0, 0.1) is 5.41 Å². The molecule has 0 bridgehead atoms. The standard InChI is InChI=1S/C15H19ClO4/c1-14(2,3)12(17)19-10-6-8-11(9-7-10)20-13(18)15(4,5)16/h6-9H,1-5H3. The summed E-state index contributed by atoms with van der Waals surface area (Å²) in [5.74, 6) is -0.128. The Bertz CT molecular complexity index is 445. The summed E-state index contributed by atoms with van der Waals surface area (Å²) in [6, 6.07) is 6.22. The minimum atomic E-state index is -1.09. The van der Waals surface area contributed by atoms with Crippen molar-refractivity contribution >= 4 is 23.5 Å². The molecule has 0 aliphatic heterocycles. The summed E-state index contributed by atoms with van der Waals surface area (Å²) >= 11 is 5.84. The van der Waals surface area contributed by atoms with Gasteiger partial charge in [-0.05, 0) is 58.9 Å². The predicted octanol–water partition coefficient (Wildman–Crippen LogP) is 3.56. The lowest BCUT2D eigenvalue weighted by atomic mass is 9.97. The van der Waals surface area contributed by atoms with Crippen LogP contribution in [0.3, 0.4) is 0 Å². The third kappa shape index (κ3) is 4.85. The molecule has 0 aliphatic rings. The van der Waals surface area contributed by atoms with Crippen LogP contribution in [0.15, 0.2) is 24.3 Å². The molecule has 0 unspecified atom stereocenters. The summed E-state index contributed by atoms with van der Waals surface area (Å²) in [7, 11) is 0. The average Bonchev–Trinajstić information content (AvgIpc) is 2.29. The van der Waals surface area contributed by atoms with Crippen molar-refractivity contribution < 1.29 is 19.1 Å². The highest BCUT2D eigenvalue weighted by molar-refractivity contribution is 6.33. The fraction of sp³-hybridized carbons (Fsp3) is 0.467. The maximum atomic E-state index is 11.7. The second-order valence-corrected chi connectivity index (χ2v) is 6.92. The molecule has 0 aliphatic carbocycles. The molecule has 0 saturated carbocycles. The largest absolute Gasteiger partial charge is 0.426 e. The zero-order chi connectivity index (χ0) is 15.6. The number of alkyl halides is 1. The zero-order valence-electron chi connectivity index (χ0n) is 12.3. The van der Waals surface area contributed by atoms with Crippen molar-refractivity contribution in [2.24, 2.45) is 5.41 Å². The Morgan fingerprint density at radius 3 is 1.50 bits per heavy atom. The van der Waals surface area contributed by atoms with Gasteiger partial charge in [0.2, 0.25) is 0 Å². The molecule has 0 spiro atoms. The highest BCUT2D eigenvalue weighted by Gasteiger charge is 2.27. The van der Waals surface area contributed by atoms with E-state index >= 15 is 0 Å². The maximum absolute atomic E-state index is 11.7. The van der Waals surface area contributed by atoms with Crippen LogP contribution < -0.4 is 9.47 Å². The van der Waals surface area contributed by atoms with Crippen molar-refractivity contribution in [3.63, 3.8) is 0 Å². The van der Waals surface area contributed by atoms with Gasteiger partial charge in [-0.15, -0.1) is 11.6 Å². The lowest BCUT2D eigenvalue weighted by Crippen LogP contribution is -2.29. The Kier molecular flexibility index (Phi) is 4.81. The molecule has 0 fully saturated rings. The van der Waals surface area contributed by atoms with Gasteiger partial charge in [0.1, 0.15) is 16.4 Å². The average molecular weight is 299 g/mol. The summed E-state index contributed by atoms with van der Waals surface area (Å²) in [4.78, 5) is 22.2. The van der Waals surface area contributed by atoms with E-state index < -0.39 is 16.3 Å². The topological polar surface area (TPSA) is 52.6 Å². The van der Waals surface area contributed by atoms with Crippen molar-refractivity contribution in [1.29, 1.82) is 0 Å². The molecule has 1 rings (SSSR count). The number of hydrogen-bond donors (Lipinski definition) is 0. The second kappa shape index (κ2) is 5.83. The van der Waals surface area contributed by atoms with E-state index in [2.05, 4.69) is 0 Å². The first-order valence-electron chi connectivity index (χ1n) is 6.24. The summed E-state index contributed by atoms with van der Waals surface area (Å²) in [5.41, 5.74) is -0.576. The third-order valence-electron chi connectivity index (χ3n) is 2.34. The van der Waals surface area contributed by atoms with Crippen molar-refractivity contribution in [2.75, 3.05) is 0 Å². The van der Waals surface area contributed by atoms with Gasteiger partial charge in [0.25, 0.3) is 0 Å². The predicted molar refractivity (Wildman–Crippen MR) is 77.1 cm³/mol. The first kappa shape index (κ1) is 16.5. The van der Waals surface area contributed by atoms with Gasteiger partial charge in [-0.1, -0.05) is 0 Å². The zero-order valence-corrected chi connectivity index (χ0v) is 13.1. The Hall–Kier alpha value is -1.55. The summed E-state index contributed by atoms with van der Waals surface area (Å²) in [6.07, 6.45) is 0. The smallest absolute Gasteiger partial charge is 0.332 e. The van der Waals surface area contributed by atoms with Gasteiger partial charge in [-0.3, -0.25) is 4.79 Å². The minimum Gasteiger partial charge on any atom is -0.426 e. The van der Waals surface area contributed by atoms with Gasteiger partial charge in [0.05, 0.1) is 5.41 Å². The molecule has 0 radical (unpaired) electrons. The number of hydrogen-bond acceptors (Lipinski definition) is 4. The number of halogens is 1. The van der Waals surface area contributed by atoms with E-state index in [1.54, 1.807) is 58.9 Å². The lowest BCUT2D eigenvalue weighted by Gasteiger charge is -2.17. The molecule has 0 amide bonds. The minimum absolute atomic E-state index is 0.330. The number of ether oxygens (including phenoxy) is 2. The van der Waals surface area contributed by atoms with Crippen LogP contribution in [-0.2, 0) is 9.59 Å². The number of carbonyl (C=O) groups excluding carboxylic acids is 2. The fourth-order valence-electron chi connectivity index (χ4n) is 1.06. The Morgan fingerprint density at radius 2 is 1.20 bits per heavy atom. The van der Waals surface area contributed by atoms with E-state index in [9.17, 15) is 9.59 Å². The second-order valence-electron chi connectivity index (χ2n) is 5.97. The van der Waals surface area contributed by atoms with Gasteiger partial charge in [0, 0.05) is 0 Å². The Balaban J connectivity index is 2.71. The molecule has 4 nitrogen and oxygen atoms in total. The van der Waals surface area contributed by atoms with Crippen molar-refractivity contribution in [3.05, 3.63) is 24.3 Å². The van der Waals surface area contributed by atoms with Crippen LogP contribution in [0.5, 0.6) is 11.5 Å². The maximum Gasteiger partial charge on any atom is 0.332 e. The molecule has 0 atom stereocenters. The van der Waals surface area contributed by atoms with Crippen LogP contribution >= 0.6 is 11.6 Å². The van der Waals surface area contributed by atoms with E-state index in [0.29, 0.717) is 11.5 Å². The van der Waals surface area contributed by atoms with Gasteiger partial charge < -0.3 is 9.47 Å². The quantitative estimate of drug-likeness (QED) is 0.486. The van der Waals surface area contributed by atoms with Gasteiger partial charge in [-0.25, -0.2) is 4.79 Å². The molecule has 5 heteroatoms. The normalized spacial score (nSPS) is 11.9. The van der Waals surface area contributed by atoms with Crippen molar-refractivity contribution in [2.45, 2.75) is 39.5 Å². The summed E-state index contributed by atoms with van der Waals surface area (Å²) in [5, 5.41) is 0. The number of benzene rings is 1. The molecule has 0 aromatic heterocycles. The van der Waals surface area contributed by atoms with E-state index in [-0.39, 0.29) is 5.97 Å². The van der Waals surface area contributed by atoms with E-state index in [4.69, 9.17) is 21.1 Å². The fourth-order valence-corrected chi connectivity index (χ4v) is 1.10. The van der Waals surface area contributed by atoms with Gasteiger partial charge in [-0.2, -0.15) is 0 Å². The number of esters is 2. The molecule has 20 heavy (non-hydrogen) atoms. The van der Waals surface area contributed by atoms with Crippen LogP contribution in [0.25, 0.3) is 0 Å². The SMILES string of the molecule is CC(C)(C)C(=O)Oc1ccc(OC(=O)C(C)(C)Cl)cc1. The molecule has 110 valence electrons. The van der Waals surface area contributed by atoms with E-state index in [1.165, 1.54) is 0 Å². The molecule has 0 N–H and O–H groups in total.